The van der Waals surface area contributed by atoms with E-state index in [1.54, 1.807) is 12.1 Å². The lowest BCUT2D eigenvalue weighted by molar-refractivity contribution is 0.0730. The van der Waals surface area contributed by atoms with Gasteiger partial charge in [-0.3, -0.25) is 4.90 Å². The van der Waals surface area contributed by atoms with Gasteiger partial charge in [0.2, 0.25) is 10.0 Å². The van der Waals surface area contributed by atoms with Crippen molar-refractivity contribution in [2.75, 3.05) is 62.7 Å². The highest BCUT2D eigenvalue weighted by Crippen LogP contribution is 2.23. The highest BCUT2D eigenvalue weighted by molar-refractivity contribution is 7.89. The van der Waals surface area contributed by atoms with E-state index in [1.165, 1.54) is 21.8 Å². The fourth-order valence-electron chi connectivity index (χ4n) is 4.45. The molecule has 1 aromatic heterocycles. The zero-order valence-electron chi connectivity index (χ0n) is 19.7. The number of ether oxygens (including phenoxy) is 1. The van der Waals surface area contributed by atoms with E-state index in [4.69, 9.17) is 4.74 Å². The second-order valence-corrected chi connectivity index (χ2v) is 10.8. The molecule has 5 rings (SSSR count). The van der Waals surface area contributed by atoms with Crippen LogP contribution in [0, 0.1) is 0 Å². The predicted molar refractivity (Wildman–Crippen MR) is 137 cm³/mol. The van der Waals surface area contributed by atoms with Crippen molar-refractivity contribution < 1.29 is 13.2 Å². The summed E-state index contributed by atoms with van der Waals surface area (Å²) in [7, 11) is -3.54. The minimum atomic E-state index is -3.54. The molecule has 8 nitrogen and oxygen atoms in total. The molecule has 0 saturated carbocycles. The summed E-state index contributed by atoms with van der Waals surface area (Å²) in [6.07, 6.45) is 1.41. The van der Waals surface area contributed by atoms with E-state index in [-0.39, 0.29) is 4.90 Å². The lowest BCUT2D eigenvalue weighted by Gasteiger charge is -2.36. The van der Waals surface area contributed by atoms with Crippen LogP contribution in [-0.4, -0.2) is 75.1 Å². The Labute approximate surface area is 207 Å². The number of nitrogens with one attached hydrogen (secondary N) is 1. The van der Waals surface area contributed by atoms with Crippen LogP contribution in [0.5, 0.6) is 0 Å². The van der Waals surface area contributed by atoms with Crippen molar-refractivity contribution >= 4 is 27.2 Å². The van der Waals surface area contributed by atoms with Gasteiger partial charge in [-0.05, 0) is 42.0 Å². The fourth-order valence-corrected chi connectivity index (χ4v) is 5.81. The van der Waals surface area contributed by atoms with Gasteiger partial charge in [0.05, 0.1) is 13.2 Å². The van der Waals surface area contributed by atoms with E-state index in [0.717, 1.165) is 38.4 Å². The van der Waals surface area contributed by atoms with E-state index in [9.17, 15) is 8.42 Å². The molecule has 2 fully saturated rings. The number of sulfonamides is 1. The minimum Gasteiger partial charge on any atom is -0.379 e. The maximum atomic E-state index is 12.8. The summed E-state index contributed by atoms with van der Waals surface area (Å²) >= 11 is 0. The molecule has 2 aliphatic heterocycles. The lowest BCUT2D eigenvalue weighted by atomic mass is 10.2. The maximum Gasteiger partial charge on any atom is 0.244 e. The van der Waals surface area contributed by atoms with Crippen molar-refractivity contribution in [3.05, 3.63) is 78.5 Å². The second kappa shape index (κ2) is 10.7. The Kier molecular flexibility index (Phi) is 7.29. The number of benzene rings is 2. The third-order valence-electron chi connectivity index (χ3n) is 6.47. The molecule has 0 atom stereocenters. The Hall–Kier alpha value is -2.98. The molecule has 184 valence electrons. The number of rotatable bonds is 7. The topological polar surface area (TPSA) is 78.0 Å². The molecule has 9 heteroatoms. The van der Waals surface area contributed by atoms with Crippen LogP contribution in [0.1, 0.15) is 5.56 Å². The van der Waals surface area contributed by atoms with Gasteiger partial charge in [-0.25, -0.2) is 13.4 Å². The molecule has 0 bridgehead atoms. The van der Waals surface area contributed by atoms with Gasteiger partial charge in [0.25, 0.3) is 0 Å². The number of anilines is 3. The molecule has 0 amide bonds. The Bertz CT molecular complexity index is 1190. The summed E-state index contributed by atoms with van der Waals surface area (Å²) in [4.78, 5) is 9.43. The van der Waals surface area contributed by atoms with Crippen molar-refractivity contribution in [3.63, 3.8) is 0 Å². The van der Waals surface area contributed by atoms with Crippen LogP contribution in [0.15, 0.2) is 77.8 Å². The van der Waals surface area contributed by atoms with Crippen LogP contribution in [0.4, 0.5) is 17.2 Å². The van der Waals surface area contributed by atoms with Gasteiger partial charge in [0.15, 0.2) is 0 Å². The van der Waals surface area contributed by atoms with Crippen molar-refractivity contribution in [2.24, 2.45) is 0 Å². The summed E-state index contributed by atoms with van der Waals surface area (Å²) in [6.45, 7) is 6.67. The van der Waals surface area contributed by atoms with Gasteiger partial charge in [0.1, 0.15) is 10.7 Å². The molecule has 0 unspecified atom stereocenters. The van der Waals surface area contributed by atoms with E-state index < -0.39 is 10.0 Å². The number of piperazine rings is 1. The molecule has 1 N–H and O–H groups in total. The molecule has 3 heterocycles. The standard InChI is InChI=1S/C26H31N5O3S/c32-35(33,31-16-18-34-19-17-31)25-10-11-26(27-20-25)28-23-6-8-24(9-7-23)30-14-12-29(13-15-30)21-22-4-2-1-3-5-22/h1-11,20H,12-19,21H2,(H,27,28). The zero-order chi connectivity index (χ0) is 24.1. The number of hydrogen-bond donors (Lipinski definition) is 1. The fraction of sp³-hybridized carbons (Fsp3) is 0.346. The van der Waals surface area contributed by atoms with Crippen LogP contribution >= 0.6 is 0 Å². The first kappa shape index (κ1) is 23.7. The highest BCUT2D eigenvalue weighted by atomic mass is 32.2. The summed E-state index contributed by atoms with van der Waals surface area (Å²) in [6, 6.07) is 22.2. The quantitative estimate of drug-likeness (QED) is 0.542. The van der Waals surface area contributed by atoms with Crippen molar-refractivity contribution in [3.8, 4) is 0 Å². The molecular weight excluding hydrogens is 462 g/mol. The Balaban J connectivity index is 1.15. The van der Waals surface area contributed by atoms with Crippen molar-refractivity contribution in [1.82, 2.24) is 14.2 Å². The first-order valence-electron chi connectivity index (χ1n) is 12.0. The Morgan fingerprint density at radius 2 is 1.54 bits per heavy atom. The van der Waals surface area contributed by atoms with Gasteiger partial charge in [-0.15, -0.1) is 0 Å². The molecule has 2 saturated heterocycles. The Morgan fingerprint density at radius 1 is 0.829 bits per heavy atom. The molecule has 0 aliphatic carbocycles. The first-order valence-corrected chi connectivity index (χ1v) is 13.4. The second-order valence-electron chi connectivity index (χ2n) is 8.82. The summed E-state index contributed by atoms with van der Waals surface area (Å²) in [5.74, 6) is 0.605. The molecule has 2 aromatic carbocycles. The number of nitrogens with zero attached hydrogens (tertiary/aromatic N) is 4. The highest BCUT2D eigenvalue weighted by Gasteiger charge is 2.26. The number of pyridine rings is 1. The van der Waals surface area contributed by atoms with Crippen LogP contribution in [-0.2, 0) is 21.3 Å². The van der Waals surface area contributed by atoms with Gasteiger partial charge in [-0.2, -0.15) is 4.31 Å². The zero-order valence-corrected chi connectivity index (χ0v) is 20.5. The molecular formula is C26H31N5O3S. The number of morpholine rings is 1. The molecule has 0 radical (unpaired) electrons. The number of aromatic nitrogens is 1. The van der Waals surface area contributed by atoms with E-state index in [0.29, 0.717) is 32.1 Å². The smallest absolute Gasteiger partial charge is 0.244 e. The summed E-state index contributed by atoms with van der Waals surface area (Å²) < 4.78 is 32.2. The SMILES string of the molecule is O=S(=O)(c1ccc(Nc2ccc(N3CCN(Cc4ccccc4)CC3)cc2)nc1)N1CCOCC1. The lowest BCUT2D eigenvalue weighted by Crippen LogP contribution is -2.45. The minimum absolute atomic E-state index is 0.201. The third-order valence-corrected chi connectivity index (χ3v) is 8.35. The molecule has 2 aliphatic rings. The van der Waals surface area contributed by atoms with Crippen molar-refractivity contribution in [1.29, 1.82) is 0 Å². The molecule has 35 heavy (non-hydrogen) atoms. The average molecular weight is 494 g/mol. The van der Waals surface area contributed by atoms with E-state index in [2.05, 4.69) is 62.6 Å². The van der Waals surface area contributed by atoms with Gasteiger partial charge in [-0.1, -0.05) is 30.3 Å². The van der Waals surface area contributed by atoms with Crippen molar-refractivity contribution in [2.45, 2.75) is 11.4 Å². The first-order chi connectivity index (χ1) is 17.1. The van der Waals surface area contributed by atoms with E-state index >= 15 is 0 Å². The largest absolute Gasteiger partial charge is 0.379 e. The predicted octanol–water partition coefficient (Wildman–Crippen LogP) is 3.17. The van der Waals surface area contributed by atoms with Crippen LogP contribution in [0.2, 0.25) is 0 Å². The maximum absolute atomic E-state index is 12.8. The van der Waals surface area contributed by atoms with Gasteiger partial charge < -0.3 is 15.0 Å². The number of hydrogen-bond acceptors (Lipinski definition) is 7. The van der Waals surface area contributed by atoms with Crippen LogP contribution < -0.4 is 10.2 Å². The third kappa shape index (κ3) is 5.82. The summed E-state index contributed by atoms with van der Waals surface area (Å²) in [5.41, 5.74) is 3.47. The van der Waals surface area contributed by atoms with Gasteiger partial charge >= 0.3 is 0 Å². The summed E-state index contributed by atoms with van der Waals surface area (Å²) in [5, 5.41) is 3.26. The molecule has 3 aromatic rings. The normalized spacial score (nSPS) is 17.9. The van der Waals surface area contributed by atoms with Gasteiger partial charge in [0, 0.05) is 63.4 Å². The average Bonchev–Trinajstić information content (AvgIpc) is 2.91. The molecule has 0 spiro atoms. The van der Waals surface area contributed by atoms with Crippen LogP contribution in [0.25, 0.3) is 0 Å². The monoisotopic (exact) mass is 493 g/mol. The Morgan fingerprint density at radius 3 is 2.20 bits per heavy atom. The van der Waals surface area contributed by atoms with Crippen LogP contribution in [0.3, 0.4) is 0 Å². The van der Waals surface area contributed by atoms with E-state index in [1.807, 2.05) is 12.1 Å².